The van der Waals surface area contributed by atoms with Crippen molar-refractivity contribution >= 4 is 5.96 Å². The molecule has 2 fully saturated rings. The highest BCUT2D eigenvalue weighted by Gasteiger charge is 2.28. The second kappa shape index (κ2) is 9.44. The highest BCUT2D eigenvalue weighted by molar-refractivity contribution is 5.80. The van der Waals surface area contributed by atoms with E-state index in [0.29, 0.717) is 12.0 Å². The fourth-order valence-electron chi connectivity index (χ4n) is 4.80. The lowest BCUT2D eigenvalue weighted by molar-refractivity contribution is 0.244. The Balaban J connectivity index is 1.27. The molecule has 0 spiro atoms. The summed E-state index contributed by atoms with van der Waals surface area (Å²) in [6.07, 6.45) is 9.01. The maximum absolute atomic E-state index is 4.58. The minimum Gasteiger partial charge on any atom is -0.355 e. The zero-order chi connectivity index (χ0) is 20.1. The fraction of sp³-hybridized carbons (Fsp3) is 0.565. The Morgan fingerprint density at radius 1 is 1.17 bits per heavy atom. The Labute approximate surface area is 174 Å². The smallest absolute Gasteiger partial charge is 0.193 e. The molecule has 6 heteroatoms. The summed E-state index contributed by atoms with van der Waals surface area (Å²) in [7, 11) is 3.90. The van der Waals surface area contributed by atoms with Gasteiger partial charge in [-0.3, -0.25) is 14.6 Å². The van der Waals surface area contributed by atoms with Crippen molar-refractivity contribution in [1.29, 1.82) is 0 Å². The molecule has 2 aliphatic heterocycles. The second-order valence-electron chi connectivity index (χ2n) is 8.51. The number of hydrogen-bond donors (Lipinski definition) is 1. The van der Waals surface area contributed by atoms with Crippen LogP contribution in [0.15, 0.2) is 47.7 Å². The number of rotatable bonds is 6. The van der Waals surface area contributed by atoms with Crippen LogP contribution in [0.25, 0.3) is 0 Å². The molecule has 0 aliphatic carbocycles. The number of hydrogen-bond acceptors (Lipinski definition) is 3. The first-order valence-corrected chi connectivity index (χ1v) is 10.9. The van der Waals surface area contributed by atoms with E-state index in [2.05, 4.69) is 61.7 Å². The molecule has 0 amide bonds. The maximum Gasteiger partial charge on any atom is 0.193 e. The SMILES string of the molecule is CN=C(NCC1CCCN1Cc1ccccc1)N1CCC(Cc2cnn(C)c2)C1. The minimum atomic E-state index is 0.584. The van der Waals surface area contributed by atoms with Gasteiger partial charge in [0.05, 0.1) is 6.20 Å². The van der Waals surface area contributed by atoms with Crippen LogP contribution in [0.1, 0.15) is 30.4 Å². The van der Waals surface area contributed by atoms with Crippen molar-refractivity contribution in [1.82, 2.24) is 24.9 Å². The summed E-state index contributed by atoms with van der Waals surface area (Å²) < 4.78 is 1.89. The third-order valence-electron chi connectivity index (χ3n) is 6.30. The van der Waals surface area contributed by atoms with Gasteiger partial charge in [0.15, 0.2) is 5.96 Å². The molecular formula is C23H34N6. The number of nitrogens with one attached hydrogen (secondary N) is 1. The van der Waals surface area contributed by atoms with Gasteiger partial charge in [-0.25, -0.2) is 0 Å². The van der Waals surface area contributed by atoms with Crippen LogP contribution in [0.4, 0.5) is 0 Å². The van der Waals surface area contributed by atoms with Crippen LogP contribution >= 0.6 is 0 Å². The van der Waals surface area contributed by atoms with Gasteiger partial charge in [0.25, 0.3) is 0 Å². The third-order valence-corrected chi connectivity index (χ3v) is 6.30. The molecule has 1 N–H and O–H groups in total. The number of guanidine groups is 1. The molecule has 0 bridgehead atoms. The standard InChI is InChI=1S/C23H34N6/c1-24-23(29-12-10-20(18-29)13-21-14-26-27(2)16-21)25-15-22-9-6-11-28(22)17-19-7-4-3-5-8-19/h3-5,7-8,14,16,20,22H,6,9-13,15,17-18H2,1-2H3,(H,24,25). The lowest BCUT2D eigenvalue weighted by Gasteiger charge is -2.28. The number of benzene rings is 1. The summed E-state index contributed by atoms with van der Waals surface area (Å²) in [4.78, 5) is 9.63. The van der Waals surface area contributed by atoms with Crippen molar-refractivity contribution in [2.24, 2.45) is 18.0 Å². The Morgan fingerprint density at radius 3 is 2.79 bits per heavy atom. The number of aliphatic imine (C=N–C) groups is 1. The van der Waals surface area contributed by atoms with Crippen molar-refractivity contribution in [3.8, 4) is 0 Å². The number of likely N-dealkylation sites (tertiary alicyclic amines) is 2. The van der Waals surface area contributed by atoms with Gasteiger partial charge in [-0.2, -0.15) is 5.10 Å². The van der Waals surface area contributed by atoms with E-state index in [1.807, 2.05) is 25.0 Å². The van der Waals surface area contributed by atoms with Crippen molar-refractivity contribution in [2.75, 3.05) is 33.2 Å². The molecule has 3 heterocycles. The first-order chi connectivity index (χ1) is 14.2. The maximum atomic E-state index is 4.58. The lowest BCUT2D eigenvalue weighted by atomic mass is 10.0. The molecule has 2 aliphatic rings. The van der Waals surface area contributed by atoms with Gasteiger partial charge in [-0.1, -0.05) is 30.3 Å². The molecule has 6 nitrogen and oxygen atoms in total. The normalized spacial score (nSPS) is 23.1. The molecule has 1 aromatic carbocycles. The molecule has 29 heavy (non-hydrogen) atoms. The Kier molecular flexibility index (Phi) is 6.49. The fourth-order valence-corrected chi connectivity index (χ4v) is 4.80. The van der Waals surface area contributed by atoms with E-state index in [0.717, 1.165) is 38.6 Å². The largest absolute Gasteiger partial charge is 0.355 e. The Bertz CT molecular complexity index is 799. The quantitative estimate of drug-likeness (QED) is 0.604. The molecule has 2 saturated heterocycles. The van der Waals surface area contributed by atoms with Crippen LogP contribution < -0.4 is 5.32 Å². The average molecular weight is 395 g/mol. The van der Waals surface area contributed by atoms with Crippen LogP contribution in [0.3, 0.4) is 0 Å². The van der Waals surface area contributed by atoms with Gasteiger partial charge >= 0.3 is 0 Å². The van der Waals surface area contributed by atoms with Crippen molar-refractivity contribution in [3.05, 3.63) is 53.9 Å². The van der Waals surface area contributed by atoms with E-state index in [9.17, 15) is 0 Å². The zero-order valence-corrected chi connectivity index (χ0v) is 17.8. The van der Waals surface area contributed by atoms with Crippen molar-refractivity contribution in [3.63, 3.8) is 0 Å². The van der Waals surface area contributed by atoms with Gasteiger partial charge in [0.2, 0.25) is 0 Å². The molecule has 0 radical (unpaired) electrons. The molecule has 1 aromatic heterocycles. The van der Waals surface area contributed by atoms with E-state index in [-0.39, 0.29) is 0 Å². The summed E-state index contributed by atoms with van der Waals surface area (Å²) in [6, 6.07) is 11.4. The first-order valence-electron chi connectivity index (χ1n) is 10.9. The van der Waals surface area contributed by atoms with Gasteiger partial charge in [0.1, 0.15) is 0 Å². The van der Waals surface area contributed by atoms with E-state index < -0.39 is 0 Å². The topological polar surface area (TPSA) is 48.7 Å². The summed E-state index contributed by atoms with van der Waals surface area (Å²) in [6.45, 7) is 5.37. The van der Waals surface area contributed by atoms with Crippen LogP contribution in [0, 0.1) is 5.92 Å². The van der Waals surface area contributed by atoms with Crippen molar-refractivity contribution in [2.45, 2.75) is 38.3 Å². The van der Waals surface area contributed by atoms with Gasteiger partial charge < -0.3 is 10.2 Å². The van der Waals surface area contributed by atoms with Crippen LogP contribution in [-0.2, 0) is 20.0 Å². The van der Waals surface area contributed by atoms with Crippen LogP contribution in [-0.4, -0.2) is 64.8 Å². The number of aromatic nitrogens is 2. The van der Waals surface area contributed by atoms with Gasteiger partial charge in [-0.15, -0.1) is 0 Å². The second-order valence-corrected chi connectivity index (χ2v) is 8.51. The Morgan fingerprint density at radius 2 is 2.03 bits per heavy atom. The number of nitrogens with zero attached hydrogens (tertiary/aromatic N) is 5. The predicted octanol–water partition coefficient (Wildman–Crippen LogP) is 2.52. The van der Waals surface area contributed by atoms with E-state index in [4.69, 9.17) is 0 Å². The Hall–Kier alpha value is -2.34. The third kappa shape index (κ3) is 5.18. The molecule has 4 rings (SSSR count). The zero-order valence-electron chi connectivity index (χ0n) is 17.8. The lowest BCUT2D eigenvalue weighted by Crippen LogP contribution is -2.46. The van der Waals surface area contributed by atoms with E-state index in [1.54, 1.807) is 0 Å². The van der Waals surface area contributed by atoms with E-state index in [1.165, 1.54) is 36.9 Å². The monoisotopic (exact) mass is 394 g/mol. The van der Waals surface area contributed by atoms with E-state index >= 15 is 0 Å². The molecule has 2 unspecified atom stereocenters. The van der Waals surface area contributed by atoms with Gasteiger partial charge in [-0.05, 0) is 49.3 Å². The highest BCUT2D eigenvalue weighted by atomic mass is 15.3. The molecular weight excluding hydrogens is 360 g/mol. The molecule has 156 valence electrons. The van der Waals surface area contributed by atoms with Crippen LogP contribution in [0.2, 0.25) is 0 Å². The minimum absolute atomic E-state index is 0.584. The number of aryl methyl sites for hydroxylation is 1. The van der Waals surface area contributed by atoms with Crippen molar-refractivity contribution < 1.29 is 0 Å². The van der Waals surface area contributed by atoms with Crippen LogP contribution in [0.5, 0.6) is 0 Å². The molecule has 2 aromatic rings. The molecule has 2 atom stereocenters. The predicted molar refractivity (Wildman–Crippen MR) is 118 cm³/mol. The van der Waals surface area contributed by atoms with Gasteiger partial charge in [0, 0.05) is 52.5 Å². The summed E-state index contributed by atoms with van der Waals surface area (Å²) in [5.74, 6) is 1.74. The summed E-state index contributed by atoms with van der Waals surface area (Å²) in [5, 5.41) is 7.98. The molecule has 0 saturated carbocycles. The first kappa shape index (κ1) is 20.0. The summed E-state index contributed by atoms with van der Waals surface area (Å²) >= 11 is 0. The average Bonchev–Trinajstić information content (AvgIpc) is 3.46. The summed E-state index contributed by atoms with van der Waals surface area (Å²) in [5.41, 5.74) is 2.74. The highest BCUT2D eigenvalue weighted by Crippen LogP contribution is 2.22.